The molecule has 90 valence electrons. The second-order valence-corrected chi connectivity index (χ2v) is 4.62. The largest absolute Gasteiger partial charge is 0.264 e. The monoisotopic (exact) mass is 219 g/mol. The van der Waals surface area contributed by atoms with Gasteiger partial charge in [-0.25, -0.2) is 0 Å². The van der Waals surface area contributed by atoms with Gasteiger partial charge in [0.1, 0.15) is 0 Å². The number of hydrogen-bond donors (Lipinski definition) is 0. The quantitative estimate of drug-likeness (QED) is 0.565. The zero-order chi connectivity index (χ0) is 11.6. The molecule has 1 aromatic rings. The molecule has 0 aliphatic heterocycles. The first-order valence-corrected chi connectivity index (χ1v) is 6.78. The first-order chi connectivity index (χ1) is 7.88. The highest BCUT2D eigenvalue weighted by Crippen LogP contribution is 2.27. The Hall–Kier alpha value is -0.850. The van der Waals surface area contributed by atoms with E-state index in [0.29, 0.717) is 0 Å². The Morgan fingerprint density at radius 2 is 1.81 bits per heavy atom. The van der Waals surface area contributed by atoms with Crippen LogP contribution in [0.25, 0.3) is 0 Å². The summed E-state index contributed by atoms with van der Waals surface area (Å²) in [6.45, 7) is 4.54. The average Bonchev–Trinajstić information content (AvgIpc) is 2.35. The second-order valence-electron chi connectivity index (χ2n) is 4.62. The van der Waals surface area contributed by atoms with Crippen LogP contribution < -0.4 is 0 Å². The van der Waals surface area contributed by atoms with Gasteiger partial charge in [-0.1, -0.05) is 52.0 Å². The molecule has 0 amide bonds. The summed E-state index contributed by atoms with van der Waals surface area (Å²) in [5.41, 5.74) is 1.44. The van der Waals surface area contributed by atoms with Gasteiger partial charge in [0.2, 0.25) is 0 Å². The van der Waals surface area contributed by atoms with Crippen molar-refractivity contribution in [2.45, 2.75) is 64.7 Å². The lowest BCUT2D eigenvalue weighted by atomic mass is 9.90. The summed E-state index contributed by atoms with van der Waals surface area (Å²) in [5, 5.41) is 0. The third-order valence-electron chi connectivity index (χ3n) is 3.22. The van der Waals surface area contributed by atoms with Gasteiger partial charge in [0.05, 0.1) is 0 Å². The molecule has 1 unspecified atom stereocenters. The third-order valence-corrected chi connectivity index (χ3v) is 3.22. The van der Waals surface area contributed by atoms with Crippen LogP contribution in [0.4, 0.5) is 0 Å². The molecule has 0 bridgehead atoms. The van der Waals surface area contributed by atoms with Crippen LogP contribution in [0.5, 0.6) is 0 Å². The minimum atomic E-state index is 0.736. The Kier molecular flexibility index (Phi) is 6.87. The van der Waals surface area contributed by atoms with Crippen LogP contribution in [-0.4, -0.2) is 4.98 Å². The van der Waals surface area contributed by atoms with Gasteiger partial charge in [-0.2, -0.15) is 0 Å². The summed E-state index contributed by atoms with van der Waals surface area (Å²) in [5.74, 6) is 0.736. The standard InChI is InChI=1S/C15H25N/c1-3-5-7-10-14(9-6-4-2)15-11-8-12-16-13-15/h8,11-14H,3-7,9-10H2,1-2H3. The van der Waals surface area contributed by atoms with Crippen molar-refractivity contribution >= 4 is 0 Å². The summed E-state index contributed by atoms with van der Waals surface area (Å²) >= 11 is 0. The molecule has 0 fully saturated rings. The molecule has 0 spiro atoms. The van der Waals surface area contributed by atoms with Gasteiger partial charge < -0.3 is 0 Å². The minimum absolute atomic E-state index is 0.736. The first kappa shape index (κ1) is 13.2. The van der Waals surface area contributed by atoms with Crippen LogP contribution in [0.15, 0.2) is 24.5 Å². The van der Waals surface area contributed by atoms with Crippen LogP contribution in [0.2, 0.25) is 0 Å². The van der Waals surface area contributed by atoms with Crippen LogP contribution in [0, 0.1) is 0 Å². The van der Waals surface area contributed by atoms with E-state index in [4.69, 9.17) is 0 Å². The maximum atomic E-state index is 4.24. The van der Waals surface area contributed by atoms with Crippen LogP contribution >= 0.6 is 0 Å². The molecule has 0 N–H and O–H groups in total. The Labute approximate surface area is 100 Å². The molecule has 0 aromatic carbocycles. The van der Waals surface area contributed by atoms with Gasteiger partial charge >= 0.3 is 0 Å². The molecule has 0 aliphatic rings. The van der Waals surface area contributed by atoms with Gasteiger partial charge in [-0.15, -0.1) is 0 Å². The lowest BCUT2D eigenvalue weighted by Crippen LogP contribution is -1.99. The molecule has 1 aromatic heterocycles. The molecule has 1 nitrogen and oxygen atoms in total. The number of aromatic nitrogens is 1. The molecule has 1 atom stereocenters. The normalized spacial score (nSPS) is 12.6. The maximum Gasteiger partial charge on any atom is 0.0302 e. The van der Waals surface area contributed by atoms with Crippen molar-refractivity contribution in [2.75, 3.05) is 0 Å². The van der Waals surface area contributed by atoms with Crippen molar-refractivity contribution in [2.24, 2.45) is 0 Å². The van der Waals surface area contributed by atoms with E-state index in [-0.39, 0.29) is 0 Å². The predicted octanol–water partition coefficient (Wildman–Crippen LogP) is 4.94. The number of unbranched alkanes of at least 4 members (excludes halogenated alkanes) is 3. The molecule has 1 heterocycles. The highest BCUT2D eigenvalue weighted by molar-refractivity contribution is 5.14. The van der Waals surface area contributed by atoms with E-state index < -0.39 is 0 Å². The minimum Gasteiger partial charge on any atom is -0.264 e. The fourth-order valence-electron chi connectivity index (χ4n) is 2.19. The molecule has 0 aliphatic carbocycles. The fraction of sp³-hybridized carbons (Fsp3) is 0.667. The molecule has 16 heavy (non-hydrogen) atoms. The van der Waals surface area contributed by atoms with Crippen LogP contribution in [-0.2, 0) is 0 Å². The van der Waals surface area contributed by atoms with Crippen molar-refractivity contribution < 1.29 is 0 Å². The lowest BCUT2D eigenvalue weighted by Gasteiger charge is -2.16. The third kappa shape index (κ3) is 4.78. The summed E-state index contributed by atoms with van der Waals surface area (Å²) < 4.78 is 0. The van der Waals surface area contributed by atoms with E-state index in [1.807, 2.05) is 12.4 Å². The zero-order valence-electron chi connectivity index (χ0n) is 10.8. The van der Waals surface area contributed by atoms with E-state index in [9.17, 15) is 0 Å². The van der Waals surface area contributed by atoms with Crippen molar-refractivity contribution in [1.29, 1.82) is 0 Å². The molecule has 0 saturated heterocycles. The van der Waals surface area contributed by atoms with Crippen LogP contribution in [0.3, 0.4) is 0 Å². The van der Waals surface area contributed by atoms with E-state index in [2.05, 4.69) is 31.0 Å². The summed E-state index contributed by atoms with van der Waals surface area (Å²) in [4.78, 5) is 4.24. The molecule has 0 saturated carbocycles. The topological polar surface area (TPSA) is 12.9 Å². The first-order valence-electron chi connectivity index (χ1n) is 6.78. The number of pyridine rings is 1. The highest BCUT2D eigenvalue weighted by atomic mass is 14.6. The summed E-state index contributed by atoms with van der Waals surface area (Å²) in [7, 11) is 0. The summed E-state index contributed by atoms with van der Waals surface area (Å²) in [6.07, 6.45) is 13.2. The smallest absolute Gasteiger partial charge is 0.0302 e. The molecule has 1 rings (SSSR count). The van der Waals surface area contributed by atoms with Gasteiger partial charge in [0.25, 0.3) is 0 Å². The van der Waals surface area contributed by atoms with E-state index >= 15 is 0 Å². The van der Waals surface area contributed by atoms with E-state index in [0.717, 1.165) is 5.92 Å². The Morgan fingerprint density at radius 3 is 2.44 bits per heavy atom. The van der Waals surface area contributed by atoms with Crippen molar-refractivity contribution in [1.82, 2.24) is 4.98 Å². The molecule has 0 radical (unpaired) electrons. The highest BCUT2D eigenvalue weighted by Gasteiger charge is 2.10. The average molecular weight is 219 g/mol. The van der Waals surface area contributed by atoms with Gasteiger partial charge in [0.15, 0.2) is 0 Å². The van der Waals surface area contributed by atoms with Gasteiger partial charge in [0, 0.05) is 12.4 Å². The SMILES string of the molecule is CCCCCC(CCCC)c1cccnc1. The number of hydrogen-bond acceptors (Lipinski definition) is 1. The van der Waals surface area contributed by atoms with E-state index in [1.54, 1.807) is 0 Å². The van der Waals surface area contributed by atoms with Crippen molar-refractivity contribution in [3.63, 3.8) is 0 Å². The Balaban J connectivity index is 2.49. The van der Waals surface area contributed by atoms with Crippen LogP contribution in [0.1, 0.15) is 70.3 Å². The number of nitrogens with zero attached hydrogens (tertiary/aromatic N) is 1. The Morgan fingerprint density at radius 1 is 1.06 bits per heavy atom. The predicted molar refractivity (Wildman–Crippen MR) is 70.6 cm³/mol. The molecular weight excluding hydrogens is 194 g/mol. The van der Waals surface area contributed by atoms with E-state index in [1.165, 1.54) is 50.5 Å². The Bertz CT molecular complexity index is 255. The summed E-state index contributed by atoms with van der Waals surface area (Å²) in [6, 6.07) is 4.30. The maximum absolute atomic E-state index is 4.24. The lowest BCUT2D eigenvalue weighted by molar-refractivity contribution is 0.514. The zero-order valence-corrected chi connectivity index (χ0v) is 10.8. The second kappa shape index (κ2) is 8.32. The molecule has 1 heteroatoms. The van der Waals surface area contributed by atoms with Gasteiger partial charge in [-0.05, 0) is 30.4 Å². The van der Waals surface area contributed by atoms with Crippen molar-refractivity contribution in [3.8, 4) is 0 Å². The van der Waals surface area contributed by atoms with Gasteiger partial charge in [-0.3, -0.25) is 4.98 Å². The van der Waals surface area contributed by atoms with Crippen molar-refractivity contribution in [3.05, 3.63) is 30.1 Å². The molecular formula is C15H25N. The fourth-order valence-corrected chi connectivity index (χ4v) is 2.19. The number of rotatable bonds is 8.